The van der Waals surface area contributed by atoms with Crippen molar-refractivity contribution >= 4 is 0 Å². The minimum atomic E-state index is -0.728. The fraction of sp³-hybridized carbons (Fsp3) is 0.684. The molecule has 0 bridgehead atoms. The summed E-state index contributed by atoms with van der Waals surface area (Å²) in [6.07, 6.45) is 5.34. The molecule has 116 valence electrons. The van der Waals surface area contributed by atoms with Crippen molar-refractivity contribution in [3.05, 3.63) is 29.3 Å². The lowest BCUT2D eigenvalue weighted by Gasteiger charge is -2.46. The van der Waals surface area contributed by atoms with Crippen LogP contribution in [-0.2, 0) is 12.0 Å². The zero-order chi connectivity index (χ0) is 15.0. The summed E-state index contributed by atoms with van der Waals surface area (Å²) in [4.78, 5) is 0. The largest absolute Gasteiger partial charge is 0.493 e. The minimum absolute atomic E-state index is 0.325. The third-order valence-corrected chi connectivity index (χ3v) is 5.45. The third kappa shape index (κ3) is 2.59. The van der Waals surface area contributed by atoms with Gasteiger partial charge in [-0.2, -0.15) is 0 Å². The van der Waals surface area contributed by atoms with Gasteiger partial charge in [-0.3, -0.25) is 0 Å². The Bertz CT molecular complexity index is 508. The number of para-hydroxylation sites is 1. The Kier molecular flexibility index (Phi) is 4.00. The highest BCUT2D eigenvalue weighted by Crippen LogP contribution is 2.50. The van der Waals surface area contributed by atoms with Gasteiger partial charge in [-0.05, 0) is 49.0 Å². The van der Waals surface area contributed by atoms with Gasteiger partial charge in [0.2, 0.25) is 0 Å². The van der Waals surface area contributed by atoms with Gasteiger partial charge in [0.1, 0.15) is 5.75 Å². The van der Waals surface area contributed by atoms with E-state index in [-0.39, 0.29) is 0 Å². The van der Waals surface area contributed by atoms with Crippen molar-refractivity contribution in [2.75, 3.05) is 6.61 Å². The second kappa shape index (κ2) is 5.64. The quantitative estimate of drug-likeness (QED) is 0.879. The van der Waals surface area contributed by atoms with Gasteiger partial charge in [-0.15, -0.1) is 0 Å². The number of aliphatic hydroxyl groups is 1. The Balaban J connectivity index is 2.07. The van der Waals surface area contributed by atoms with Crippen LogP contribution in [0.15, 0.2) is 18.2 Å². The summed E-state index contributed by atoms with van der Waals surface area (Å²) in [6, 6.07) is 6.34. The van der Waals surface area contributed by atoms with Crippen LogP contribution in [0.5, 0.6) is 5.75 Å². The first-order chi connectivity index (χ1) is 10.0. The first kappa shape index (κ1) is 14.9. The Morgan fingerprint density at radius 3 is 2.86 bits per heavy atom. The van der Waals surface area contributed by atoms with E-state index < -0.39 is 5.60 Å². The van der Waals surface area contributed by atoms with Crippen molar-refractivity contribution in [1.29, 1.82) is 0 Å². The van der Waals surface area contributed by atoms with Crippen molar-refractivity contribution in [1.82, 2.24) is 0 Å². The number of hydrogen-bond donors (Lipinski definition) is 1. The molecule has 1 fully saturated rings. The molecule has 1 aromatic rings. The predicted molar refractivity (Wildman–Crippen MR) is 85.5 cm³/mol. The first-order valence-corrected chi connectivity index (χ1v) is 8.50. The van der Waals surface area contributed by atoms with E-state index in [1.54, 1.807) is 0 Å². The molecule has 1 aromatic carbocycles. The van der Waals surface area contributed by atoms with Crippen molar-refractivity contribution in [3.63, 3.8) is 0 Å². The van der Waals surface area contributed by atoms with Crippen LogP contribution in [0, 0.1) is 17.8 Å². The molecular formula is C19H28O2. The third-order valence-electron chi connectivity index (χ3n) is 5.45. The molecule has 2 nitrogen and oxygen atoms in total. The lowest BCUT2D eigenvalue weighted by Crippen LogP contribution is -2.43. The highest BCUT2D eigenvalue weighted by Gasteiger charge is 2.46. The molecule has 1 N–H and O–H groups in total. The van der Waals surface area contributed by atoms with Gasteiger partial charge >= 0.3 is 0 Å². The second-order valence-electron chi connectivity index (χ2n) is 7.41. The Hall–Kier alpha value is -1.02. The van der Waals surface area contributed by atoms with Crippen LogP contribution >= 0.6 is 0 Å². The first-order valence-electron chi connectivity index (χ1n) is 8.50. The van der Waals surface area contributed by atoms with Crippen LogP contribution in [0.1, 0.15) is 57.6 Å². The van der Waals surface area contributed by atoms with Gasteiger partial charge < -0.3 is 9.84 Å². The second-order valence-corrected chi connectivity index (χ2v) is 7.41. The summed E-state index contributed by atoms with van der Waals surface area (Å²) in [5.74, 6) is 2.36. The van der Waals surface area contributed by atoms with E-state index in [9.17, 15) is 5.11 Å². The van der Waals surface area contributed by atoms with Gasteiger partial charge in [-0.25, -0.2) is 0 Å². The van der Waals surface area contributed by atoms with Crippen LogP contribution in [0.3, 0.4) is 0 Å². The molecule has 0 spiro atoms. The number of aryl methyl sites for hydroxylation is 1. The molecule has 21 heavy (non-hydrogen) atoms. The van der Waals surface area contributed by atoms with E-state index in [2.05, 4.69) is 39.0 Å². The Labute approximate surface area is 128 Å². The molecule has 1 saturated carbocycles. The molecule has 1 aliphatic carbocycles. The molecule has 3 unspecified atom stereocenters. The fourth-order valence-corrected chi connectivity index (χ4v) is 4.41. The van der Waals surface area contributed by atoms with E-state index in [4.69, 9.17) is 4.74 Å². The van der Waals surface area contributed by atoms with Crippen molar-refractivity contribution in [3.8, 4) is 5.75 Å². The predicted octanol–water partition coefficient (Wildman–Crippen LogP) is 4.29. The minimum Gasteiger partial charge on any atom is -0.493 e. The maximum absolute atomic E-state index is 11.6. The van der Waals surface area contributed by atoms with E-state index in [1.807, 2.05) is 0 Å². The van der Waals surface area contributed by atoms with Gasteiger partial charge in [0.25, 0.3) is 0 Å². The SMILES string of the molecule is CC1CCC(C(C)C)C(O)(c2cccc3c2OCCC3)C1. The smallest absolute Gasteiger partial charge is 0.128 e. The molecule has 0 radical (unpaired) electrons. The van der Waals surface area contributed by atoms with E-state index in [1.165, 1.54) is 12.0 Å². The number of fused-ring (bicyclic) bond motifs is 1. The maximum atomic E-state index is 11.6. The summed E-state index contributed by atoms with van der Waals surface area (Å²) in [5.41, 5.74) is 1.59. The number of rotatable bonds is 2. The average molecular weight is 288 g/mol. The molecule has 1 heterocycles. The molecule has 2 heteroatoms. The summed E-state index contributed by atoms with van der Waals surface area (Å²) >= 11 is 0. The zero-order valence-corrected chi connectivity index (χ0v) is 13.6. The topological polar surface area (TPSA) is 29.5 Å². The van der Waals surface area contributed by atoms with Crippen LogP contribution in [0.2, 0.25) is 0 Å². The standard InChI is InChI=1S/C19H28O2/c1-13(2)16-10-9-14(3)12-19(16,20)17-8-4-6-15-7-5-11-21-18(15)17/h4,6,8,13-14,16,20H,5,7,9-12H2,1-3H3. The van der Waals surface area contributed by atoms with Gasteiger partial charge in [0.15, 0.2) is 0 Å². The molecule has 0 saturated heterocycles. The lowest BCUT2D eigenvalue weighted by molar-refractivity contribution is -0.0882. The monoisotopic (exact) mass is 288 g/mol. The van der Waals surface area contributed by atoms with E-state index in [0.717, 1.165) is 43.6 Å². The van der Waals surface area contributed by atoms with Crippen molar-refractivity contribution in [2.24, 2.45) is 17.8 Å². The Morgan fingerprint density at radius 2 is 2.10 bits per heavy atom. The van der Waals surface area contributed by atoms with Gasteiger partial charge in [0.05, 0.1) is 12.2 Å². The summed E-state index contributed by atoms with van der Waals surface area (Å²) in [5, 5.41) is 11.6. The van der Waals surface area contributed by atoms with E-state index in [0.29, 0.717) is 17.8 Å². The summed E-state index contributed by atoms with van der Waals surface area (Å²) in [7, 11) is 0. The maximum Gasteiger partial charge on any atom is 0.128 e. The highest BCUT2D eigenvalue weighted by atomic mass is 16.5. The van der Waals surface area contributed by atoms with Crippen molar-refractivity contribution in [2.45, 2.75) is 58.5 Å². The van der Waals surface area contributed by atoms with E-state index >= 15 is 0 Å². The van der Waals surface area contributed by atoms with Crippen LogP contribution in [-0.4, -0.2) is 11.7 Å². The number of hydrogen-bond acceptors (Lipinski definition) is 2. The molecule has 2 aliphatic rings. The molecule has 1 aliphatic heterocycles. The van der Waals surface area contributed by atoms with Crippen LogP contribution in [0.4, 0.5) is 0 Å². The van der Waals surface area contributed by atoms with Crippen LogP contribution in [0.25, 0.3) is 0 Å². The average Bonchev–Trinajstić information content (AvgIpc) is 2.46. The highest BCUT2D eigenvalue weighted by molar-refractivity contribution is 5.46. The molecular weight excluding hydrogens is 260 g/mol. The van der Waals surface area contributed by atoms with Gasteiger partial charge in [-0.1, -0.05) is 45.4 Å². The molecule has 3 atom stereocenters. The normalized spacial score (nSPS) is 32.6. The summed E-state index contributed by atoms with van der Waals surface area (Å²) < 4.78 is 5.98. The molecule has 0 aromatic heterocycles. The molecule has 3 rings (SSSR count). The zero-order valence-electron chi connectivity index (χ0n) is 13.6. The fourth-order valence-electron chi connectivity index (χ4n) is 4.41. The van der Waals surface area contributed by atoms with Gasteiger partial charge in [0, 0.05) is 5.56 Å². The number of ether oxygens (including phenoxy) is 1. The Morgan fingerprint density at radius 1 is 1.29 bits per heavy atom. The lowest BCUT2D eigenvalue weighted by atomic mass is 9.64. The molecule has 0 amide bonds. The number of benzene rings is 1. The van der Waals surface area contributed by atoms with Crippen LogP contribution < -0.4 is 4.74 Å². The summed E-state index contributed by atoms with van der Waals surface area (Å²) in [6.45, 7) is 7.52. The van der Waals surface area contributed by atoms with Crippen molar-refractivity contribution < 1.29 is 9.84 Å².